The molecule has 1 fully saturated rings. The Morgan fingerprint density at radius 2 is 2.00 bits per heavy atom. The van der Waals surface area contributed by atoms with Crippen LogP contribution in [0.5, 0.6) is 0 Å². The van der Waals surface area contributed by atoms with Gasteiger partial charge in [0.1, 0.15) is 0 Å². The van der Waals surface area contributed by atoms with Gasteiger partial charge in [-0.15, -0.1) is 0 Å². The summed E-state index contributed by atoms with van der Waals surface area (Å²) in [5.74, 6) is 0.391. The molecule has 3 aromatic rings. The van der Waals surface area contributed by atoms with Crippen LogP contribution in [-0.2, 0) is 21.2 Å². The van der Waals surface area contributed by atoms with Crippen LogP contribution in [0.4, 0.5) is 0 Å². The van der Waals surface area contributed by atoms with Crippen LogP contribution in [0.1, 0.15) is 30.7 Å². The number of amides is 1. The van der Waals surface area contributed by atoms with E-state index in [0.29, 0.717) is 24.2 Å². The smallest absolute Gasteiger partial charge is 0.266 e. The molecular weight excluding hydrogens is 396 g/mol. The monoisotopic (exact) mass is 412 g/mol. The van der Waals surface area contributed by atoms with Gasteiger partial charge in [0.2, 0.25) is 17.6 Å². The highest BCUT2D eigenvalue weighted by molar-refractivity contribution is 7.89. The second-order valence-corrected chi connectivity index (χ2v) is 8.37. The lowest BCUT2D eigenvalue weighted by Gasteiger charge is -2.22. The van der Waals surface area contributed by atoms with E-state index in [2.05, 4.69) is 10.1 Å². The Morgan fingerprint density at radius 3 is 2.62 bits per heavy atom. The van der Waals surface area contributed by atoms with Crippen LogP contribution in [0.15, 0.2) is 56.5 Å². The van der Waals surface area contributed by atoms with Crippen molar-refractivity contribution in [1.29, 1.82) is 5.26 Å². The van der Waals surface area contributed by atoms with Crippen molar-refractivity contribution in [2.45, 2.75) is 36.6 Å². The summed E-state index contributed by atoms with van der Waals surface area (Å²) in [7, 11) is -4.00. The zero-order valence-electron chi connectivity index (χ0n) is 15.2. The molecular formula is C19H16N4O5S. The number of furan rings is 1. The van der Waals surface area contributed by atoms with Crippen molar-refractivity contribution in [3.63, 3.8) is 0 Å². The quantitative estimate of drug-likeness (QED) is 0.578. The fraction of sp³-hybridized carbons (Fsp3) is 0.263. The molecule has 148 valence electrons. The molecule has 0 atom stereocenters. The van der Waals surface area contributed by atoms with Crippen molar-refractivity contribution in [2.75, 3.05) is 0 Å². The standard InChI is InChI=1S/C19H16N4O5S/c20-12-13-3-7-15(8-4-13)29(25,26)23(14-5-6-14)18(24)10-9-17-21-19(22-28-17)16-2-1-11-27-16/h1-4,7-8,11,14H,5-6,9-10H2. The molecule has 2 aromatic heterocycles. The number of carbonyl (C=O) groups is 1. The maximum atomic E-state index is 13.0. The number of hydrogen-bond donors (Lipinski definition) is 0. The molecule has 0 unspecified atom stereocenters. The van der Waals surface area contributed by atoms with E-state index in [1.54, 1.807) is 12.1 Å². The maximum absolute atomic E-state index is 13.0. The highest BCUT2D eigenvalue weighted by atomic mass is 32.2. The topological polar surface area (TPSA) is 130 Å². The molecule has 1 aliphatic carbocycles. The molecule has 1 aliphatic rings. The molecule has 0 aliphatic heterocycles. The molecule has 1 saturated carbocycles. The van der Waals surface area contributed by atoms with Gasteiger partial charge in [0.15, 0.2) is 5.76 Å². The zero-order chi connectivity index (χ0) is 20.4. The van der Waals surface area contributed by atoms with Gasteiger partial charge >= 0.3 is 0 Å². The fourth-order valence-corrected chi connectivity index (χ4v) is 4.51. The summed E-state index contributed by atoms with van der Waals surface area (Å²) in [5.41, 5.74) is 0.344. The molecule has 0 saturated heterocycles. The van der Waals surface area contributed by atoms with E-state index < -0.39 is 15.9 Å². The lowest BCUT2D eigenvalue weighted by Crippen LogP contribution is -2.38. The number of aromatic nitrogens is 2. The van der Waals surface area contributed by atoms with E-state index in [0.717, 1.165) is 4.31 Å². The Bertz CT molecular complexity index is 1160. The second kappa shape index (κ2) is 7.52. The molecule has 4 rings (SSSR count). The molecule has 1 aromatic carbocycles. The van der Waals surface area contributed by atoms with Crippen LogP contribution < -0.4 is 0 Å². The molecule has 1 amide bonds. The SMILES string of the molecule is N#Cc1ccc(S(=O)(=O)N(C(=O)CCc2nc(-c3ccco3)no2)C2CC2)cc1. The fourth-order valence-electron chi connectivity index (χ4n) is 2.84. The Balaban J connectivity index is 1.48. The lowest BCUT2D eigenvalue weighted by molar-refractivity contribution is -0.126. The maximum Gasteiger partial charge on any atom is 0.266 e. The second-order valence-electron chi connectivity index (χ2n) is 6.55. The van der Waals surface area contributed by atoms with E-state index in [1.165, 1.54) is 30.5 Å². The minimum atomic E-state index is -4.00. The van der Waals surface area contributed by atoms with Crippen molar-refractivity contribution in [1.82, 2.24) is 14.4 Å². The molecule has 0 N–H and O–H groups in total. The third kappa shape index (κ3) is 3.90. The van der Waals surface area contributed by atoms with Gasteiger partial charge in [0.25, 0.3) is 10.0 Å². The highest BCUT2D eigenvalue weighted by Crippen LogP contribution is 2.33. The summed E-state index contributed by atoms with van der Waals surface area (Å²) in [5, 5.41) is 12.7. The number of sulfonamides is 1. The van der Waals surface area contributed by atoms with E-state index in [1.807, 2.05) is 6.07 Å². The Morgan fingerprint density at radius 1 is 1.24 bits per heavy atom. The van der Waals surface area contributed by atoms with E-state index in [4.69, 9.17) is 14.2 Å². The van der Waals surface area contributed by atoms with Gasteiger partial charge in [-0.05, 0) is 49.2 Å². The first kappa shape index (κ1) is 18.9. The molecule has 29 heavy (non-hydrogen) atoms. The van der Waals surface area contributed by atoms with Crippen molar-refractivity contribution >= 4 is 15.9 Å². The van der Waals surface area contributed by atoms with E-state index in [9.17, 15) is 13.2 Å². The number of rotatable bonds is 7. The molecule has 0 spiro atoms. The number of carbonyl (C=O) groups excluding carboxylic acids is 1. The summed E-state index contributed by atoms with van der Waals surface area (Å²) in [4.78, 5) is 16.9. The van der Waals surface area contributed by atoms with Crippen molar-refractivity contribution in [3.05, 3.63) is 54.1 Å². The van der Waals surface area contributed by atoms with E-state index in [-0.39, 0.29) is 35.5 Å². The van der Waals surface area contributed by atoms with Crippen LogP contribution in [0.3, 0.4) is 0 Å². The lowest BCUT2D eigenvalue weighted by atomic mass is 10.2. The van der Waals surface area contributed by atoms with Gasteiger partial charge in [-0.1, -0.05) is 5.16 Å². The van der Waals surface area contributed by atoms with Gasteiger partial charge < -0.3 is 8.94 Å². The highest BCUT2D eigenvalue weighted by Gasteiger charge is 2.41. The van der Waals surface area contributed by atoms with Gasteiger partial charge in [-0.2, -0.15) is 10.2 Å². The first-order valence-electron chi connectivity index (χ1n) is 8.93. The van der Waals surface area contributed by atoms with Gasteiger partial charge in [-0.3, -0.25) is 4.79 Å². The predicted octanol–water partition coefficient (Wildman–Crippen LogP) is 2.51. The number of nitrogens with zero attached hydrogens (tertiary/aromatic N) is 4. The summed E-state index contributed by atoms with van der Waals surface area (Å²) < 4.78 is 37.2. The third-order valence-electron chi connectivity index (χ3n) is 4.43. The van der Waals surface area contributed by atoms with Crippen molar-refractivity contribution in [2.24, 2.45) is 0 Å². The molecule has 9 nitrogen and oxygen atoms in total. The number of benzene rings is 1. The Kier molecular flexibility index (Phi) is 4.90. The van der Waals surface area contributed by atoms with Crippen molar-refractivity contribution < 1.29 is 22.2 Å². The summed E-state index contributed by atoms with van der Waals surface area (Å²) in [6.45, 7) is 0. The van der Waals surface area contributed by atoms with Crippen LogP contribution in [-0.4, -0.2) is 34.8 Å². The normalized spacial score (nSPS) is 13.8. The van der Waals surface area contributed by atoms with Crippen molar-refractivity contribution in [3.8, 4) is 17.7 Å². The number of aryl methyl sites for hydroxylation is 1. The minimum Gasteiger partial charge on any atom is -0.461 e. The van der Waals surface area contributed by atoms with Crippen LogP contribution in [0, 0.1) is 11.3 Å². The zero-order valence-corrected chi connectivity index (χ0v) is 16.0. The summed E-state index contributed by atoms with van der Waals surface area (Å²) in [6.07, 6.45) is 2.76. The van der Waals surface area contributed by atoms with Crippen LogP contribution >= 0.6 is 0 Å². The summed E-state index contributed by atoms with van der Waals surface area (Å²) >= 11 is 0. The van der Waals surface area contributed by atoms with Gasteiger partial charge in [0.05, 0.1) is 22.8 Å². The number of hydrogen-bond acceptors (Lipinski definition) is 8. The average Bonchev–Trinajstić information content (AvgIpc) is 3.20. The average molecular weight is 412 g/mol. The van der Waals surface area contributed by atoms with Gasteiger partial charge in [-0.25, -0.2) is 12.7 Å². The molecule has 0 bridgehead atoms. The first-order valence-corrected chi connectivity index (χ1v) is 10.4. The largest absolute Gasteiger partial charge is 0.461 e. The molecule has 2 heterocycles. The number of nitriles is 1. The first-order chi connectivity index (χ1) is 14.0. The Labute approximate surface area is 166 Å². The van der Waals surface area contributed by atoms with Gasteiger partial charge in [0, 0.05) is 18.9 Å². The summed E-state index contributed by atoms with van der Waals surface area (Å²) in [6, 6.07) is 10.5. The third-order valence-corrected chi connectivity index (χ3v) is 6.31. The van der Waals surface area contributed by atoms with E-state index >= 15 is 0 Å². The minimum absolute atomic E-state index is 0.0188. The molecule has 0 radical (unpaired) electrons. The van der Waals surface area contributed by atoms with Crippen LogP contribution in [0.2, 0.25) is 0 Å². The predicted molar refractivity (Wildman–Crippen MR) is 98.5 cm³/mol. The molecule has 10 heteroatoms. The Hall–Kier alpha value is -3.45. The van der Waals surface area contributed by atoms with Crippen LogP contribution in [0.25, 0.3) is 11.6 Å².